The third kappa shape index (κ3) is 3.41. The number of carbonyl (C=O) groups excluding carboxylic acids is 1. The van der Waals surface area contributed by atoms with Crippen molar-refractivity contribution < 1.29 is 9.90 Å². The number of hydrogen-bond acceptors (Lipinski definition) is 3. The molecule has 0 aliphatic carbocycles. The highest BCUT2D eigenvalue weighted by Gasteiger charge is 2.24. The molecule has 1 amide bonds. The molecule has 0 radical (unpaired) electrons. The van der Waals surface area contributed by atoms with Crippen molar-refractivity contribution >= 4 is 17.2 Å². The molecule has 2 rings (SSSR count). The third-order valence-corrected chi connectivity index (χ3v) is 5.03. The Bertz CT molecular complexity index is 530. The van der Waals surface area contributed by atoms with E-state index in [-0.39, 0.29) is 12.5 Å². The Morgan fingerprint density at radius 3 is 2.80 bits per heavy atom. The fraction of sp³-hybridized carbons (Fsp3) is 0.562. The summed E-state index contributed by atoms with van der Waals surface area (Å²) in [5.74, 6) is 6.45. The fourth-order valence-electron chi connectivity index (χ4n) is 2.53. The minimum atomic E-state index is -0.148. The first-order valence-electron chi connectivity index (χ1n) is 7.15. The van der Waals surface area contributed by atoms with Crippen molar-refractivity contribution in [1.29, 1.82) is 0 Å². The first-order chi connectivity index (χ1) is 9.65. The lowest BCUT2D eigenvalue weighted by molar-refractivity contribution is 0.0693. The molecule has 0 spiro atoms. The predicted molar refractivity (Wildman–Crippen MR) is 81.9 cm³/mol. The van der Waals surface area contributed by atoms with Crippen LogP contribution in [0.3, 0.4) is 0 Å². The molecule has 108 valence electrons. The lowest BCUT2D eigenvalue weighted by Gasteiger charge is -2.31. The van der Waals surface area contributed by atoms with Gasteiger partial charge in [0.05, 0.1) is 9.75 Å². The molecule has 0 bridgehead atoms. The van der Waals surface area contributed by atoms with Gasteiger partial charge in [-0.15, -0.1) is 11.3 Å². The Kier molecular flexibility index (Phi) is 5.22. The summed E-state index contributed by atoms with van der Waals surface area (Å²) in [4.78, 5) is 16.1. The number of carbonyl (C=O) groups is 1. The van der Waals surface area contributed by atoms with Gasteiger partial charge in [0.1, 0.15) is 6.61 Å². The van der Waals surface area contributed by atoms with Gasteiger partial charge in [0.15, 0.2) is 0 Å². The predicted octanol–water partition coefficient (Wildman–Crippen LogP) is 2.66. The van der Waals surface area contributed by atoms with E-state index < -0.39 is 0 Å². The minimum Gasteiger partial charge on any atom is -0.384 e. The van der Waals surface area contributed by atoms with Crippen molar-refractivity contribution in [3.8, 4) is 11.8 Å². The standard InChI is InChI=1S/C16H21NO2S/c1-3-13-6-8-17(9-7-13)16(19)15-11-12(2)14(20-15)5-4-10-18/h11,13,18H,3,6-10H2,1-2H3. The van der Waals surface area contributed by atoms with Gasteiger partial charge in [-0.3, -0.25) is 4.79 Å². The van der Waals surface area contributed by atoms with Crippen LogP contribution in [0.15, 0.2) is 6.07 Å². The van der Waals surface area contributed by atoms with Crippen molar-refractivity contribution in [3.05, 3.63) is 21.4 Å². The van der Waals surface area contributed by atoms with Crippen molar-refractivity contribution in [1.82, 2.24) is 4.90 Å². The second-order valence-electron chi connectivity index (χ2n) is 5.23. The van der Waals surface area contributed by atoms with E-state index in [9.17, 15) is 4.79 Å². The van der Waals surface area contributed by atoms with Crippen LogP contribution in [0.4, 0.5) is 0 Å². The van der Waals surface area contributed by atoms with E-state index in [0.29, 0.717) is 0 Å². The number of nitrogens with zero attached hydrogens (tertiary/aromatic N) is 1. The molecule has 0 saturated carbocycles. The molecule has 1 aliphatic heterocycles. The highest BCUT2D eigenvalue weighted by molar-refractivity contribution is 7.14. The Labute approximate surface area is 124 Å². The average Bonchev–Trinajstić information content (AvgIpc) is 2.85. The smallest absolute Gasteiger partial charge is 0.263 e. The van der Waals surface area contributed by atoms with Crippen LogP contribution in [0.1, 0.15) is 46.3 Å². The second-order valence-corrected chi connectivity index (χ2v) is 6.28. The van der Waals surface area contributed by atoms with Crippen LogP contribution in [0, 0.1) is 24.7 Å². The molecule has 0 atom stereocenters. The number of likely N-dealkylation sites (tertiary alicyclic amines) is 1. The molecule has 3 nitrogen and oxygen atoms in total. The fourth-order valence-corrected chi connectivity index (χ4v) is 3.55. The van der Waals surface area contributed by atoms with Crippen molar-refractivity contribution in [3.63, 3.8) is 0 Å². The molecule has 1 fully saturated rings. The van der Waals surface area contributed by atoms with Crippen molar-refractivity contribution in [2.24, 2.45) is 5.92 Å². The number of amides is 1. The van der Waals surface area contributed by atoms with Gasteiger partial charge < -0.3 is 10.0 Å². The molecule has 1 aliphatic rings. The van der Waals surface area contributed by atoms with Crippen molar-refractivity contribution in [2.75, 3.05) is 19.7 Å². The molecule has 0 unspecified atom stereocenters. The number of aliphatic hydroxyl groups is 1. The maximum atomic E-state index is 12.5. The third-order valence-electron chi connectivity index (χ3n) is 3.89. The molecule has 1 saturated heterocycles. The Morgan fingerprint density at radius 2 is 2.20 bits per heavy atom. The average molecular weight is 291 g/mol. The van der Waals surface area contributed by atoms with Crippen LogP contribution in [0.5, 0.6) is 0 Å². The quantitative estimate of drug-likeness (QED) is 0.851. The van der Waals surface area contributed by atoms with Gasteiger partial charge in [-0.1, -0.05) is 25.2 Å². The summed E-state index contributed by atoms with van der Waals surface area (Å²) >= 11 is 1.43. The second kappa shape index (κ2) is 6.92. The Morgan fingerprint density at radius 1 is 1.50 bits per heavy atom. The van der Waals surface area contributed by atoms with E-state index in [1.54, 1.807) is 0 Å². The van der Waals surface area contributed by atoms with Crippen LogP contribution >= 0.6 is 11.3 Å². The van der Waals surface area contributed by atoms with Crippen LogP contribution in [0.2, 0.25) is 0 Å². The summed E-state index contributed by atoms with van der Waals surface area (Å²) in [5, 5.41) is 8.74. The van der Waals surface area contributed by atoms with Crippen LogP contribution in [0.25, 0.3) is 0 Å². The zero-order chi connectivity index (χ0) is 14.5. The van der Waals surface area contributed by atoms with Gasteiger partial charge in [-0.2, -0.15) is 0 Å². The summed E-state index contributed by atoms with van der Waals surface area (Å²) in [7, 11) is 0. The van der Waals surface area contributed by atoms with Crippen LogP contribution in [-0.2, 0) is 0 Å². The molecular formula is C16H21NO2S. The molecule has 20 heavy (non-hydrogen) atoms. The summed E-state index contributed by atoms with van der Waals surface area (Å²) in [6, 6.07) is 1.92. The number of hydrogen-bond donors (Lipinski definition) is 1. The van der Waals surface area contributed by atoms with E-state index >= 15 is 0 Å². The van der Waals surface area contributed by atoms with Gasteiger partial charge in [0.25, 0.3) is 5.91 Å². The largest absolute Gasteiger partial charge is 0.384 e. The van der Waals surface area contributed by atoms with E-state index in [2.05, 4.69) is 18.8 Å². The highest BCUT2D eigenvalue weighted by atomic mass is 32.1. The Balaban J connectivity index is 2.06. The summed E-state index contributed by atoms with van der Waals surface area (Å²) in [6.07, 6.45) is 3.44. The molecular weight excluding hydrogens is 270 g/mol. The Hall–Kier alpha value is -1.31. The van der Waals surface area contributed by atoms with E-state index in [1.807, 2.05) is 17.9 Å². The van der Waals surface area contributed by atoms with Gasteiger partial charge in [0, 0.05) is 13.1 Å². The van der Waals surface area contributed by atoms with Crippen LogP contribution in [-0.4, -0.2) is 35.6 Å². The summed E-state index contributed by atoms with van der Waals surface area (Å²) in [6.45, 7) is 5.76. The summed E-state index contributed by atoms with van der Waals surface area (Å²) < 4.78 is 0. The molecule has 1 N–H and O–H groups in total. The zero-order valence-electron chi connectivity index (χ0n) is 12.1. The van der Waals surface area contributed by atoms with Gasteiger partial charge in [-0.05, 0) is 37.3 Å². The lowest BCUT2D eigenvalue weighted by atomic mass is 9.94. The first-order valence-corrected chi connectivity index (χ1v) is 7.96. The van der Waals surface area contributed by atoms with E-state index in [4.69, 9.17) is 5.11 Å². The monoisotopic (exact) mass is 291 g/mol. The molecule has 4 heteroatoms. The zero-order valence-corrected chi connectivity index (χ0v) is 12.9. The highest BCUT2D eigenvalue weighted by Crippen LogP contribution is 2.25. The van der Waals surface area contributed by atoms with E-state index in [1.165, 1.54) is 17.8 Å². The number of aryl methyl sites for hydroxylation is 1. The number of thiophene rings is 1. The number of rotatable bonds is 2. The number of aliphatic hydroxyl groups excluding tert-OH is 1. The SMILES string of the molecule is CCC1CCN(C(=O)c2cc(C)c(C#CCO)s2)CC1. The molecule has 2 heterocycles. The maximum absolute atomic E-state index is 12.5. The number of piperidine rings is 1. The molecule has 0 aromatic carbocycles. The van der Waals surface area contributed by atoms with Crippen LogP contribution < -0.4 is 0 Å². The molecule has 1 aromatic rings. The first kappa shape index (κ1) is 15.1. The van der Waals surface area contributed by atoms with E-state index in [0.717, 1.165) is 47.2 Å². The van der Waals surface area contributed by atoms with Gasteiger partial charge in [0.2, 0.25) is 0 Å². The van der Waals surface area contributed by atoms with Crippen molar-refractivity contribution in [2.45, 2.75) is 33.1 Å². The van der Waals surface area contributed by atoms with Gasteiger partial charge >= 0.3 is 0 Å². The maximum Gasteiger partial charge on any atom is 0.263 e. The lowest BCUT2D eigenvalue weighted by Crippen LogP contribution is -2.38. The topological polar surface area (TPSA) is 40.5 Å². The van der Waals surface area contributed by atoms with Gasteiger partial charge in [-0.25, -0.2) is 0 Å². The summed E-state index contributed by atoms with van der Waals surface area (Å²) in [5.41, 5.74) is 1.02. The normalized spacial score (nSPS) is 15.8. The minimum absolute atomic E-state index is 0.129. The molecule has 1 aromatic heterocycles.